The monoisotopic (exact) mass is 626 g/mol. The standard InChI is InChI=1S/C45H30N4/c1-45(2)40-22-20-35(26-39(40)38-21-11-28(27-46)23-41(38)45)31-12-16-32(17-13-31)42-47-43(36-18-14-29-7-3-5-9-33(29)24-36)49-44(48-42)37-19-15-30-8-4-6-10-34(30)25-37/h3-26H,1-2H3. The Hall–Kier alpha value is -6.44. The smallest absolute Gasteiger partial charge is 0.164 e. The van der Waals surface area contributed by atoms with Crippen LogP contribution in [0.1, 0.15) is 30.5 Å². The highest BCUT2D eigenvalue weighted by Crippen LogP contribution is 2.50. The molecule has 0 aliphatic heterocycles. The Morgan fingerprint density at radius 2 is 0.939 bits per heavy atom. The normalized spacial score (nSPS) is 12.8. The predicted molar refractivity (Wildman–Crippen MR) is 199 cm³/mol. The Morgan fingerprint density at radius 1 is 0.429 bits per heavy atom. The van der Waals surface area contributed by atoms with Gasteiger partial charge in [-0.3, -0.25) is 0 Å². The highest BCUT2D eigenvalue weighted by atomic mass is 15.0. The first kappa shape index (κ1) is 28.8. The van der Waals surface area contributed by atoms with Crippen molar-refractivity contribution in [3.05, 3.63) is 162 Å². The van der Waals surface area contributed by atoms with E-state index in [9.17, 15) is 5.26 Å². The summed E-state index contributed by atoms with van der Waals surface area (Å²) in [5.74, 6) is 1.91. The van der Waals surface area contributed by atoms with Gasteiger partial charge in [0, 0.05) is 22.1 Å². The molecule has 0 N–H and O–H groups in total. The van der Waals surface area contributed by atoms with Gasteiger partial charge in [-0.25, -0.2) is 15.0 Å². The first-order chi connectivity index (χ1) is 23.9. The largest absolute Gasteiger partial charge is 0.208 e. The van der Waals surface area contributed by atoms with Gasteiger partial charge < -0.3 is 0 Å². The number of hydrogen-bond donors (Lipinski definition) is 0. The van der Waals surface area contributed by atoms with E-state index in [0.717, 1.165) is 38.6 Å². The zero-order chi connectivity index (χ0) is 33.1. The average Bonchev–Trinajstić information content (AvgIpc) is 3.39. The molecule has 0 saturated carbocycles. The predicted octanol–water partition coefficient (Wildman–Crippen LogP) is 11.0. The molecule has 1 aliphatic rings. The lowest BCUT2D eigenvalue weighted by Gasteiger charge is -2.21. The van der Waals surface area contributed by atoms with Crippen molar-refractivity contribution in [1.29, 1.82) is 5.26 Å². The van der Waals surface area contributed by atoms with Gasteiger partial charge in [0.05, 0.1) is 11.6 Å². The molecule has 0 amide bonds. The van der Waals surface area contributed by atoms with Gasteiger partial charge in [-0.15, -0.1) is 0 Å². The molecule has 0 spiro atoms. The van der Waals surface area contributed by atoms with Gasteiger partial charge in [0.15, 0.2) is 17.5 Å². The van der Waals surface area contributed by atoms with Gasteiger partial charge >= 0.3 is 0 Å². The van der Waals surface area contributed by atoms with Crippen LogP contribution in [0.2, 0.25) is 0 Å². The molecule has 230 valence electrons. The van der Waals surface area contributed by atoms with E-state index in [0.29, 0.717) is 23.0 Å². The zero-order valence-electron chi connectivity index (χ0n) is 27.1. The number of rotatable bonds is 4. The lowest BCUT2D eigenvalue weighted by atomic mass is 9.81. The van der Waals surface area contributed by atoms with Crippen LogP contribution < -0.4 is 0 Å². The van der Waals surface area contributed by atoms with E-state index in [-0.39, 0.29) is 5.41 Å². The molecule has 1 aromatic heterocycles. The third-order valence-corrected chi connectivity index (χ3v) is 9.93. The van der Waals surface area contributed by atoms with Crippen LogP contribution in [0.5, 0.6) is 0 Å². The topological polar surface area (TPSA) is 62.5 Å². The second-order valence-corrected chi connectivity index (χ2v) is 13.3. The van der Waals surface area contributed by atoms with Gasteiger partial charge in [-0.2, -0.15) is 5.26 Å². The van der Waals surface area contributed by atoms with Crippen molar-refractivity contribution in [3.63, 3.8) is 0 Å². The van der Waals surface area contributed by atoms with E-state index >= 15 is 0 Å². The van der Waals surface area contributed by atoms with Crippen LogP contribution in [0.15, 0.2) is 146 Å². The molecule has 4 nitrogen and oxygen atoms in total. The summed E-state index contributed by atoms with van der Waals surface area (Å²) in [6.07, 6.45) is 0. The van der Waals surface area contributed by atoms with Crippen LogP contribution in [0.4, 0.5) is 0 Å². The summed E-state index contributed by atoms with van der Waals surface area (Å²) >= 11 is 0. The zero-order valence-corrected chi connectivity index (χ0v) is 27.1. The highest BCUT2D eigenvalue weighted by Gasteiger charge is 2.35. The SMILES string of the molecule is CC1(C)c2ccc(-c3ccc(-c4nc(-c5ccc6ccccc6c5)nc(-c5ccc6ccccc6c5)n4)cc3)cc2-c2ccc(C#N)cc21. The number of benzene rings is 7. The Bertz CT molecular complexity index is 2550. The molecule has 4 heteroatoms. The molecular weight excluding hydrogens is 597 g/mol. The lowest BCUT2D eigenvalue weighted by molar-refractivity contribution is 0.660. The van der Waals surface area contributed by atoms with Crippen LogP contribution >= 0.6 is 0 Å². The highest BCUT2D eigenvalue weighted by molar-refractivity contribution is 5.89. The van der Waals surface area contributed by atoms with Gasteiger partial charge in [0.25, 0.3) is 0 Å². The molecule has 0 bridgehead atoms. The number of nitrogens with zero attached hydrogens (tertiary/aromatic N) is 4. The Balaban J connectivity index is 1.13. The van der Waals surface area contributed by atoms with Crippen LogP contribution in [-0.2, 0) is 5.41 Å². The number of nitriles is 1. The molecule has 0 saturated heterocycles. The second-order valence-electron chi connectivity index (χ2n) is 13.3. The molecule has 8 aromatic rings. The summed E-state index contributed by atoms with van der Waals surface area (Å²) in [4.78, 5) is 15.1. The van der Waals surface area contributed by atoms with Gasteiger partial charge in [0.2, 0.25) is 0 Å². The number of hydrogen-bond acceptors (Lipinski definition) is 4. The van der Waals surface area contributed by atoms with E-state index in [1.807, 2.05) is 12.1 Å². The molecule has 1 aliphatic carbocycles. The maximum atomic E-state index is 9.51. The first-order valence-corrected chi connectivity index (χ1v) is 16.5. The first-order valence-electron chi connectivity index (χ1n) is 16.5. The van der Waals surface area contributed by atoms with E-state index in [4.69, 9.17) is 15.0 Å². The lowest BCUT2D eigenvalue weighted by Crippen LogP contribution is -2.15. The maximum Gasteiger partial charge on any atom is 0.164 e. The molecule has 0 fully saturated rings. The summed E-state index contributed by atoms with van der Waals surface area (Å²) in [5.41, 5.74) is 10.5. The summed E-state index contributed by atoms with van der Waals surface area (Å²) < 4.78 is 0. The van der Waals surface area contributed by atoms with Crippen molar-refractivity contribution in [2.45, 2.75) is 19.3 Å². The minimum Gasteiger partial charge on any atom is -0.208 e. The van der Waals surface area contributed by atoms with Crippen molar-refractivity contribution in [2.75, 3.05) is 0 Å². The fourth-order valence-electron chi connectivity index (χ4n) is 7.23. The van der Waals surface area contributed by atoms with Crippen molar-refractivity contribution < 1.29 is 0 Å². The maximum absolute atomic E-state index is 9.51. The van der Waals surface area contributed by atoms with Crippen LogP contribution in [0, 0.1) is 11.3 Å². The Kier molecular flexibility index (Phi) is 6.50. The van der Waals surface area contributed by atoms with E-state index in [1.165, 1.54) is 33.0 Å². The van der Waals surface area contributed by atoms with Crippen molar-refractivity contribution >= 4 is 21.5 Å². The second kappa shape index (κ2) is 11.1. The quantitative estimate of drug-likeness (QED) is 0.195. The fraction of sp³-hybridized carbons (Fsp3) is 0.0667. The summed E-state index contributed by atoms with van der Waals surface area (Å²) in [6.45, 7) is 4.47. The molecule has 0 atom stereocenters. The summed E-state index contributed by atoms with van der Waals surface area (Å²) in [6, 6.07) is 53.0. The molecule has 9 rings (SSSR count). The average molecular weight is 627 g/mol. The minimum absolute atomic E-state index is 0.163. The van der Waals surface area contributed by atoms with Crippen molar-refractivity contribution in [3.8, 4) is 62.5 Å². The van der Waals surface area contributed by atoms with Gasteiger partial charge in [-0.1, -0.05) is 129 Å². The Labute approximate surface area is 285 Å². The molecular formula is C45H30N4. The van der Waals surface area contributed by atoms with E-state index in [2.05, 4.69) is 153 Å². The molecule has 0 radical (unpaired) electrons. The summed E-state index contributed by atoms with van der Waals surface area (Å²) in [7, 11) is 0. The van der Waals surface area contributed by atoms with Gasteiger partial charge in [0.1, 0.15) is 0 Å². The number of aromatic nitrogens is 3. The van der Waals surface area contributed by atoms with Crippen LogP contribution in [0.25, 0.3) is 78.0 Å². The van der Waals surface area contributed by atoms with Crippen molar-refractivity contribution in [1.82, 2.24) is 15.0 Å². The molecule has 0 unspecified atom stereocenters. The van der Waals surface area contributed by atoms with Crippen molar-refractivity contribution in [2.24, 2.45) is 0 Å². The van der Waals surface area contributed by atoms with Crippen LogP contribution in [0.3, 0.4) is 0 Å². The van der Waals surface area contributed by atoms with Gasteiger partial charge in [-0.05, 0) is 85.3 Å². The third kappa shape index (κ3) is 4.87. The molecule has 49 heavy (non-hydrogen) atoms. The Morgan fingerprint density at radius 3 is 1.53 bits per heavy atom. The molecule has 1 heterocycles. The van der Waals surface area contributed by atoms with E-state index in [1.54, 1.807) is 0 Å². The third-order valence-electron chi connectivity index (χ3n) is 9.93. The summed E-state index contributed by atoms with van der Waals surface area (Å²) in [5, 5.41) is 14.2. The minimum atomic E-state index is -0.163. The van der Waals surface area contributed by atoms with E-state index < -0.39 is 0 Å². The number of fused-ring (bicyclic) bond motifs is 5. The fourth-order valence-corrected chi connectivity index (χ4v) is 7.23. The molecule has 7 aromatic carbocycles. The van der Waals surface area contributed by atoms with Crippen LogP contribution in [-0.4, -0.2) is 15.0 Å².